The zero-order valence-corrected chi connectivity index (χ0v) is 12.7. The van der Waals surface area contributed by atoms with Crippen molar-refractivity contribution in [2.75, 3.05) is 0 Å². The molecule has 1 saturated carbocycles. The number of halogens is 1. The van der Waals surface area contributed by atoms with Gasteiger partial charge in [0.25, 0.3) is 0 Å². The largest absolute Gasteiger partial charge is 0.0622 e. The number of hydrogen-bond donors (Lipinski definition) is 0. The lowest BCUT2D eigenvalue weighted by atomic mass is 9.65. The molecule has 0 bridgehead atoms. The molecule has 3 rings (SSSR count). The highest BCUT2D eigenvalue weighted by molar-refractivity contribution is 9.10. The van der Waals surface area contributed by atoms with Gasteiger partial charge in [-0.2, -0.15) is 0 Å². The maximum absolute atomic E-state index is 3.54. The predicted octanol–water partition coefficient (Wildman–Crippen LogP) is 5.70. The summed E-state index contributed by atoms with van der Waals surface area (Å²) in [5.41, 5.74) is 3.19. The molecule has 0 aliphatic heterocycles. The van der Waals surface area contributed by atoms with Crippen LogP contribution in [0.15, 0.2) is 59.1 Å². The van der Waals surface area contributed by atoms with Gasteiger partial charge in [0.05, 0.1) is 0 Å². The fourth-order valence-corrected chi connectivity index (χ4v) is 3.69. The lowest BCUT2D eigenvalue weighted by molar-refractivity contribution is 0.346. The first kappa shape index (κ1) is 12.9. The second-order valence-electron chi connectivity index (χ2n) is 5.52. The zero-order chi connectivity index (χ0) is 13.1. The Labute approximate surface area is 124 Å². The molecule has 0 radical (unpaired) electrons. The molecule has 0 amide bonds. The second kappa shape index (κ2) is 5.50. The predicted molar refractivity (Wildman–Crippen MR) is 84.4 cm³/mol. The first-order valence-electron chi connectivity index (χ1n) is 7.13. The molecule has 0 spiro atoms. The van der Waals surface area contributed by atoms with Gasteiger partial charge in [-0.15, -0.1) is 0 Å². The Morgan fingerprint density at radius 1 is 0.684 bits per heavy atom. The molecule has 0 atom stereocenters. The van der Waals surface area contributed by atoms with Crippen LogP contribution in [0.4, 0.5) is 0 Å². The van der Waals surface area contributed by atoms with Crippen LogP contribution in [0.1, 0.15) is 43.2 Å². The van der Waals surface area contributed by atoms with Crippen LogP contribution in [0.3, 0.4) is 0 Å². The van der Waals surface area contributed by atoms with Gasteiger partial charge in [0.1, 0.15) is 0 Å². The minimum absolute atomic E-state index is 0.236. The molecule has 0 N–H and O–H groups in total. The molecular weight excluding hydrogens is 296 g/mol. The molecule has 0 nitrogen and oxygen atoms in total. The van der Waals surface area contributed by atoms with Crippen molar-refractivity contribution in [1.29, 1.82) is 0 Å². The monoisotopic (exact) mass is 314 g/mol. The molecule has 0 heterocycles. The standard InChI is InChI=1S/C18H19Br/c19-17-11-9-16(10-12-17)18(13-5-2-6-14-18)15-7-3-1-4-8-15/h1,3-4,7-12H,2,5-6,13-14H2. The highest BCUT2D eigenvalue weighted by atomic mass is 79.9. The van der Waals surface area contributed by atoms with Crippen molar-refractivity contribution < 1.29 is 0 Å². The van der Waals surface area contributed by atoms with Crippen molar-refractivity contribution in [3.63, 3.8) is 0 Å². The van der Waals surface area contributed by atoms with E-state index in [2.05, 4.69) is 70.5 Å². The molecule has 2 aromatic carbocycles. The SMILES string of the molecule is Brc1ccc(C2(c3ccccc3)CCCCC2)cc1. The topological polar surface area (TPSA) is 0 Å². The molecule has 2 aromatic rings. The molecule has 98 valence electrons. The minimum Gasteiger partial charge on any atom is -0.0622 e. The van der Waals surface area contributed by atoms with Crippen molar-refractivity contribution in [2.45, 2.75) is 37.5 Å². The Morgan fingerprint density at radius 3 is 1.89 bits per heavy atom. The van der Waals surface area contributed by atoms with E-state index in [4.69, 9.17) is 0 Å². The van der Waals surface area contributed by atoms with Gasteiger partial charge in [0, 0.05) is 9.89 Å². The fourth-order valence-electron chi connectivity index (χ4n) is 3.43. The second-order valence-corrected chi connectivity index (χ2v) is 6.43. The van der Waals surface area contributed by atoms with Gasteiger partial charge in [0.2, 0.25) is 0 Å². The van der Waals surface area contributed by atoms with E-state index in [1.807, 2.05) is 0 Å². The Kier molecular flexibility index (Phi) is 3.74. The maximum Gasteiger partial charge on any atom is 0.0202 e. The van der Waals surface area contributed by atoms with Crippen LogP contribution in [-0.4, -0.2) is 0 Å². The Hall–Kier alpha value is -1.08. The van der Waals surface area contributed by atoms with Gasteiger partial charge in [-0.25, -0.2) is 0 Å². The minimum atomic E-state index is 0.236. The van der Waals surface area contributed by atoms with E-state index in [0.29, 0.717) is 0 Å². The number of rotatable bonds is 2. The lowest BCUT2D eigenvalue weighted by Gasteiger charge is -2.38. The van der Waals surface area contributed by atoms with E-state index < -0.39 is 0 Å². The van der Waals surface area contributed by atoms with Gasteiger partial charge < -0.3 is 0 Å². The van der Waals surface area contributed by atoms with Gasteiger partial charge in [0.15, 0.2) is 0 Å². The molecule has 19 heavy (non-hydrogen) atoms. The third-order valence-electron chi connectivity index (χ3n) is 4.43. The van der Waals surface area contributed by atoms with Crippen LogP contribution in [-0.2, 0) is 5.41 Å². The molecule has 0 unspecified atom stereocenters. The molecule has 1 heteroatoms. The molecule has 1 aliphatic carbocycles. The lowest BCUT2D eigenvalue weighted by Crippen LogP contribution is -2.30. The van der Waals surface area contributed by atoms with Crippen molar-refractivity contribution in [2.24, 2.45) is 0 Å². The van der Waals surface area contributed by atoms with E-state index in [0.717, 1.165) is 4.47 Å². The summed E-state index contributed by atoms with van der Waals surface area (Å²) in [5, 5.41) is 0. The first-order chi connectivity index (χ1) is 9.31. The van der Waals surface area contributed by atoms with E-state index >= 15 is 0 Å². The fraction of sp³-hybridized carbons (Fsp3) is 0.333. The summed E-state index contributed by atoms with van der Waals surface area (Å²) in [6.07, 6.45) is 6.61. The van der Waals surface area contributed by atoms with E-state index in [1.54, 1.807) is 0 Å². The molecule has 0 aromatic heterocycles. The van der Waals surface area contributed by atoms with Crippen molar-refractivity contribution in [3.8, 4) is 0 Å². The smallest absolute Gasteiger partial charge is 0.0202 e. The normalized spacial score (nSPS) is 18.2. The van der Waals surface area contributed by atoms with Crippen LogP contribution >= 0.6 is 15.9 Å². The summed E-state index contributed by atoms with van der Waals surface area (Å²) in [7, 11) is 0. The van der Waals surface area contributed by atoms with Crippen LogP contribution in [0.5, 0.6) is 0 Å². The van der Waals surface area contributed by atoms with Crippen molar-refractivity contribution >= 4 is 15.9 Å². The van der Waals surface area contributed by atoms with Gasteiger partial charge in [-0.05, 0) is 36.1 Å². The summed E-state index contributed by atoms with van der Waals surface area (Å²) in [6, 6.07) is 20.0. The molecule has 1 fully saturated rings. The van der Waals surface area contributed by atoms with E-state index in [-0.39, 0.29) is 5.41 Å². The Balaban J connectivity index is 2.09. The average Bonchev–Trinajstić information content (AvgIpc) is 2.49. The number of benzene rings is 2. The summed E-state index contributed by atoms with van der Waals surface area (Å²) in [4.78, 5) is 0. The molecule has 0 saturated heterocycles. The third-order valence-corrected chi connectivity index (χ3v) is 4.96. The van der Waals surface area contributed by atoms with Crippen molar-refractivity contribution in [1.82, 2.24) is 0 Å². The van der Waals surface area contributed by atoms with Gasteiger partial charge in [-0.3, -0.25) is 0 Å². The van der Waals surface area contributed by atoms with Crippen LogP contribution in [0.25, 0.3) is 0 Å². The van der Waals surface area contributed by atoms with Crippen molar-refractivity contribution in [3.05, 3.63) is 70.2 Å². The summed E-state index contributed by atoms with van der Waals surface area (Å²) >= 11 is 3.54. The average molecular weight is 315 g/mol. The summed E-state index contributed by atoms with van der Waals surface area (Å²) in [5.74, 6) is 0. The number of hydrogen-bond acceptors (Lipinski definition) is 0. The van der Waals surface area contributed by atoms with Gasteiger partial charge in [-0.1, -0.05) is 77.7 Å². The third kappa shape index (κ3) is 2.49. The van der Waals surface area contributed by atoms with Gasteiger partial charge >= 0.3 is 0 Å². The summed E-state index contributed by atoms with van der Waals surface area (Å²) < 4.78 is 1.16. The quantitative estimate of drug-likeness (QED) is 0.667. The zero-order valence-electron chi connectivity index (χ0n) is 11.1. The maximum atomic E-state index is 3.54. The van der Waals surface area contributed by atoms with Crippen LogP contribution in [0, 0.1) is 0 Å². The van der Waals surface area contributed by atoms with Crippen LogP contribution in [0.2, 0.25) is 0 Å². The molecular formula is C18H19Br. The van der Waals surface area contributed by atoms with Crippen LogP contribution < -0.4 is 0 Å². The molecule has 1 aliphatic rings. The highest BCUT2D eigenvalue weighted by Crippen LogP contribution is 2.44. The summed E-state index contributed by atoms with van der Waals surface area (Å²) in [6.45, 7) is 0. The Bertz CT molecular complexity index is 521. The highest BCUT2D eigenvalue weighted by Gasteiger charge is 2.35. The Morgan fingerprint density at radius 2 is 1.26 bits per heavy atom. The van der Waals surface area contributed by atoms with E-state index in [9.17, 15) is 0 Å². The van der Waals surface area contributed by atoms with E-state index in [1.165, 1.54) is 43.2 Å². The first-order valence-corrected chi connectivity index (χ1v) is 7.92.